The fourth-order valence-corrected chi connectivity index (χ4v) is 7.15. The molecule has 2 aromatic heterocycles. The van der Waals surface area contributed by atoms with E-state index < -0.39 is 15.9 Å². The number of thiocarbonyl (C=S) groups is 1. The van der Waals surface area contributed by atoms with Crippen molar-refractivity contribution >= 4 is 61.6 Å². The quantitative estimate of drug-likeness (QED) is 0.348. The smallest absolute Gasteiger partial charge is 0.267 e. The summed E-state index contributed by atoms with van der Waals surface area (Å²) in [6.07, 6.45) is 6.62. The summed E-state index contributed by atoms with van der Waals surface area (Å²) in [5.41, 5.74) is 1.43. The number of carbonyl (C=O) groups excluding carboxylic acids is 1. The number of thioether (sulfide) groups is 1. The van der Waals surface area contributed by atoms with E-state index in [1.54, 1.807) is 12.3 Å². The summed E-state index contributed by atoms with van der Waals surface area (Å²) in [6.45, 7) is 4.67. The third-order valence-electron chi connectivity index (χ3n) is 5.83. The van der Waals surface area contributed by atoms with Gasteiger partial charge in [-0.25, -0.2) is 13.4 Å². The van der Waals surface area contributed by atoms with Crippen molar-refractivity contribution < 1.29 is 13.2 Å². The maximum atomic E-state index is 13.4. The predicted octanol–water partition coefficient (Wildman–Crippen LogP) is 2.99. The Morgan fingerprint density at radius 2 is 2.12 bits per heavy atom. The zero-order valence-corrected chi connectivity index (χ0v) is 21.0. The average molecular weight is 507 g/mol. The van der Waals surface area contributed by atoms with E-state index in [1.807, 2.05) is 13.0 Å². The number of rotatable bonds is 7. The molecule has 4 heterocycles. The van der Waals surface area contributed by atoms with E-state index in [4.69, 9.17) is 17.2 Å². The second kappa shape index (κ2) is 9.55. The van der Waals surface area contributed by atoms with E-state index in [2.05, 4.69) is 12.2 Å². The van der Waals surface area contributed by atoms with Crippen molar-refractivity contribution in [3.8, 4) is 0 Å². The van der Waals surface area contributed by atoms with Gasteiger partial charge in [-0.05, 0) is 37.5 Å². The molecule has 0 bridgehead atoms. The number of aromatic nitrogens is 2. The molecule has 0 aliphatic carbocycles. The van der Waals surface area contributed by atoms with Crippen LogP contribution in [0.5, 0.6) is 0 Å². The second-order valence-electron chi connectivity index (χ2n) is 8.31. The minimum atomic E-state index is -3.17. The van der Waals surface area contributed by atoms with Gasteiger partial charge in [0.2, 0.25) is 0 Å². The van der Waals surface area contributed by atoms with Crippen molar-refractivity contribution in [1.29, 1.82) is 0 Å². The second-order valence-corrected chi connectivity index (χ2v) is 12.2. The lowest BCUT2D eigenvalue weighted by Crippen LogP contribution is -2.39. The first-order valence-corrected chi connectivity index (χ1v) is 14.0. The van der Waals surface area contributed by atoms with E-state index >= 15 is 0 Å². The maximum absolute atomic E-state index is 13.4. The number of hydrogen-bond donors (Lipinski definition) is 1. The Labute approximate surface area is 202 Å². The lowest BCUT2D eigenvalue weighted by molar-refractivity contribution is -0.123. The van der Waals surface area contributed by atoms with E-state index in [9.17, 15) is 18.0 Å². The third kappa shape index (κ3) is 4.85. The molecule has 0 saturated carbocycles. The largest absolute Gasteiger partial charge is 0.369 e. The number of fused-ring (bicyclic) bond motifs is 1. The number of amides is 1. The Bertz CT molecular complexity index is 1320. The van der Waals surface area contributed by atoms with Crippen molar-refractivity contribution in [2.75, 3.05) is 23.4 Å². The first-order valence-electron chi connectivity index (χ1n) is 10.9. The number of nitrogens with zero attached hydrogens (tertiary/aromatic N) is 3. The van der Waals surface area contributed by atoms with Crippen molar-refractivity contribution in [1.82, 2.24) is 14.3 Å². The van der Waals surface area contributed by atoms with Gasteiger partial charge < -0.3 is 5.32 Å². The molecule has 1 N–H and O–H groups in total. The minimum Gasteiger partial charge on any atom is -0.369 e. The van der Waals surface area contributed by atoms with Gasteiger partial charge >= 0.3 is 0 Å². The lowest BCUT2D eigenvalue weighted by Gasteiger charge is -2.20. The number of pyridine rings is 1. The van der Waals surface area contributed by atoms with Gasteiger partial charge in [0.25, 0.3) is 11.5 Å². The Balaban J connectivity index is 1.73. The molecule has 11 heteroatoms. The molecule has 1 atom stereocenters. The molecule has 2 fully saturated rings. The van der Waals surface area contributed by atoms with Crippen LogP contribution in [0.4, 0.5) is 5.82 Å². The van der Waals surface area contributed by atoms with Crippen LogP contribution in [0.25, 0.3) is 11.7 Å². The van der Waals surface area contributed by atoms with Crippen LogP contribution in [0.2, 0.25) is 0 Å². The molecule has 1 unspecified atom stereocenters. The highest BCUT2D eigenvalue weighted by atomic mass is 32.2. The molecule has 2 aromatic rings. The lowest BCUT2D eigenvalue weighted by atomic mass is 10.2. The molecule has 2 saturated heterocycles. The third-order valence-corrected chi connectivity index (χ3v) is 8.91. The number of anilines is 1. The Morgan fingerprint density at radius 3 is 2.82 bits per heavy atom. The molecule has 2 aliphatic heterocycles. The molecule has 0 aromatic carbocycles. The van der Waals surface area contributed by atoms with Crippen LogP contribution in [0.15, 0.2) is 28.0 Å². The predicted molar refractivity (Wildman–Crippen MR) is 136 cm³/mol. The monoisotopic (exact) mass is 506 g/mol. The SMILES string of the molecule is CCCCCNc1nc2c(C)cccn2c(=O)c1/C=C1/SC(=S)N(C2CCS(=O)(=O)C2)C1=O. The first kappa shape index (κ1) is 23.9. The van der Waals surface area contributed by atoms with Gasteiger partial charge in [0.1, 0.15) is 15.8 Å². The highest BCUT2D eigenvalue weighted by molar-refractivity contribution is 8.26. The summed E-state index contributed by atoms with van der Waals surface area (Å²) in [7, 11) is -3.17. The Kier molecular flexibility index (Phi) is 6.92. The summed E-state index contributed by atoms with van der Waals surface area (Å²) in [4.78, 5) is 32.9. The van der Waals surface area contributed by atoms with Gasteiger partial charge in [-0.3, -0.25) is 18.9 Å². The molecule has 4 rings (SSSR count). The molecule has 33 heavy (non-hydrogen) atoms. The summed E-state index contributed by atoms with van der Waals surface area (Å²) < 4.78 is 25.6. The molecular formula is C22H26N4O4S3. The van der Waals surface area contributed by atoms with Crippen LogP contribution in [0.1, 0.15) is 43.7 Å². The van der Waals surface area contributed by atoms with E-state index in [-0.39, 0.29) is 28.5 Å². The Hall–Kier alpha value is -2.24. The molecule has 0 radical (unpaired) electrons. The topological polar surface area (TPSA) is 101 Å². The van der Waals surface area contributed by atoms with Gasteiger partial charge in [0, 0.05) is 12.7 Å². The number of hydrogen-bond acceptors (Lipinski definition) is 8. The molecule has 2 aliphatic rings. The minimum absolute atomic E-state index is 0.0505. The highest BCUT2D eigenvalue weighted by Gasteiger charge is 2.42. The molecule has 0 spiro atoms. The van der Waals surface area contributed by atoms with Crippen molar-refractivity contribution in [3.05, 3.63) is 44.7 Å². The standard InChI is InChI=1S/C22H26N4O4S3/c1-3-4-5-9-23-18-16(20(27)25-10-6-7-14(2)19(25)24-18)12-17-21(28)26(22(31)32-17)15-8-11-33(29,30)13-15/h6-7,10,12,15,23H,3-5,8-9,11,13H2,1-2H3/b17-12+. The highest BCUT2D eigenvalue weighted by Crippen LogP contribution is 2.36. The zero-order valence-electron chi connectivity index (χ0n) is 18.5. The van der Waals surface area contributed by atoms with Gasteiger partial charge in [-0.1, -0.05) is 49.8 Å². The number of carbonyl (C=O) groups is 1. The van der Waals surface area contributed by atoms with Crippen molar-refractivity contribution in [3.63, 3.8) is 0 Å². The number of sulfone groups is 1. The van der Waals surface area contributed by atoms with Gasteiger partial charge in [0.15, 0.2) is 9.84 Å². The Morgan fingerprint density at radius 1 is 1.33 bits per heavy atom. The van der Waals surface area contributed by atoms with Crippen LogP contribution in [0.3, 0.4) is 0 Å². The average Bonchev–Trinajstić information content (AvgIpc) is 3.25. The maximum Gasteiger partial charge on any atom is 0.267 e. The van der Waals surface area contributed by atoms with Crippen LogP contribution < -0.4 is 10.9 Å². The molecule has 8 nitrogen and oxygen atoms in total. The van der Waals surface area contributed by atoms with Gasteiger partial charge in [-0.2, -0.15) is 0 Å². The van der Waals surface area contributed by atoms with Crippen LogP contribution in [-0.4, -0.2) is 57.0 Å². The van der Waals surface area contributed by atoms with Crippen molar-refractivity contribution in [2.24, 2.45) is 0 Å². The van der Waals surface area contributed by atoms with Crippen molar-refractivity contribution in [2.45, 2.75) is 45.6 Å². The van der Waals surface area contributed by atoms with E-state index in [0.29, 0.717) is 33.7 Å². The summed E-state index contributed by atoms with van der Waals surface area (Å²) in [5, 5.41) is 3.27. The molecule has 1 amide bonds. The van der Waals surface area contributed by atoms with Gasteiger partial charge in [0.05, 0.1) is 28.0 Å². The number of unbranched alkanes of at least 4 members (excludes halogenated alkanes) is 2. The number of aryl methyl sites for hydroxylation is 1. The summed E-state index contributed by atoms with van der Waals surface area (Å²) in [5.74, 6) is 0.0302. The fraction of sp³-hybridized carbons (Fsp3) is 0.455. The first-order chi connectivity index (χ1) is 15.7. The number of nitrogens with one attached hydrogen (secondary N) is 1. The van der Waals surface area contributed by atoms with Crippen LogP contribution in [0, 0.1) is 6.92 Å². The summed E-state index contributed by atoms with van der Waals surface area (Å²) >= 11 is 6.49. The molecule has 176 valence electrons. The fourth-order valence-electron chi connectivity index (χ4n) is 4.06. The van der Waals surface area contributed by atoms with E-state index in [0.717, 1.165) is 36.6 Å². The van der Waals surface area contributed by atoms with Gasteiger partial charge in [-0.15, -0.1) is 0 Å². The summed E-state index contributed by atoms with van der Waals surface area (Å²) in [6, 6.07) is 3.21. The van der Waals surface area contributed by atoms with Crippen LogP contribution in [-0.2, 0) is 14.6 Å². The van der Waals surface area contributed by atoms with Crippen LogP contribution >= 0.6 is 24.0 Å². The molecular weight excluding hydrogens is 480 g/mol. The zero-order chi connectivity index (χ0) is 23.8. The van der Waals surface area contributed by atoms with E-state index in [1.165, 1.54) is 15.4 Å². The normalized spacial score (nSPS) is 21.5.